The lowest BCUT2D eigenvalue weighted by Crippen LogP contribution is -2.47. The van der Waals surface area contributed by atoms with Crippen molar-refractivity contribution < 1.29 is 4.84 Å². The molecule has 4 heteroatoms. The molecule has 1 fully saturated rings. The smallest absolute Gasteiger partial charge is 0.182 e. The van der Waals surface area contributed by atoms with Crippen LogP contribution in [0.5, 0.6) is 0 Å². The Morgan fingerprint density at radius 3 is 2.30 bits per heavy atom. The second-order valence-electron chi connectivity index (χ2n) is 2.62. The van der Waals surface area contributed by atoms with Crippen LogP contribution in [0.2, 0.25) is 0 Å². The zero-order chi connectivity index (χ0) is 7.40. The van der Waals surface area contributed by atoms with Crippen LogP contribution in [-0.4, -0.2) is 24.3 Å². The summed E-state index contributed by atoms with van der Waals surface area (Å²) in [4.78, 5) is 6.54. The molecular formula is C6H15N3O. The standard InChI is InChI=1S/C6H15N3O/c7-6(10-8)9-4-2-1-3-5-9/h6H,1-5,7-8H2. The van der Waals surface area contributed by atoms with Gasteiger partial charge in [-0.15, -0.1) is 0 Å². The Hall–Kier alpha value is -0.160. The minimum absolute atomic E-state index is 0.403. The first kappa shape index (κ1) is 7.94. The molecular weight excluding hydrogens is 130 g/mol. The molecule has 0 bridgehead atoms. The van der Waals surface area contributed by atoms with Crippen molar-refractivity contribution in [1.82, 2.24) is 4.90 Å². The van der Waals surface area contributed by atoms with Crippen molar-refractivity contribution in [3.63, 3.8) is 0 Å². The second-order valence-corrected chi connectivity index (χ2v) is 2.62. The predicted octanol–water partition coefficient (Wildman–Crippen LogP) is -0.395. The van der Waals surface area contributed by atoms with Gasteiger partial charge >= 0.3 is 0 Å². The molecule has 10 heavy (non-hydrogen) atoms. The van der Waals surface area contributed by atoms with Crippen LogP contribution in [0.3, 0.4) is 0 Å². The monoisotopic (exact) mass is 145 g/mol. The van der Waals surface area contributed by atoms with Crippen LogP contribution in [0.25, 0.3) is 0 Å². The Balaban J connectivity index is 2.24. The van der Waals surface area contributed by atoms with Gasteiger partial charge in [0.05, 0.1) is 0 Å². The predicted molar refractivity (Wildman–Crippen MR) is 38.7 cm³/mol. The van der Waals surface area contributed by atoms with E-state index in [4.69, 9.17) is 11.6 Å². The van der Waals surface area contributed by atoms with Crippen LogP contribution in [-0.2, 0) is 4.84 Å². The fourth-order valence-corrected chi connectivity index (χ4v) is 1.26. The summed E-state index contributed by atoms with van der Waals surface area (Å²) in [5.74, 6) is 4.94. The molecule has 0 aromatic heterocycles. The highest BCUT2D eigenvalue weighted by Crippen LogP contribution is 2.09. The topological polar surface area (TPSA) is 64.5 Å². The van der Waals surface area contributed by atoms with E-state index < -0.39 is 6.35 Å². The molecule has 0 saturated carbocycles. The fraction of sp³-hybridized carbons (Fsp3) is 1.00. The lowest BCUT2D eigenvalue weighted by atomic mass is 10.1. The summed E-state index contributed by atoms with van der Waals surface area (Å²) in [7, 11) is 0. The summed E-state index contributed by atoms with van der Waals surface area (Å²) < 4.78 is 0. The minimum Gasteiger partial charge on any atom is -0.292 e. The van der Waals surface area contributed by atoms with Gasteiger partial charge in [-0.05, 0) is 12.8 Å². The number of nitrogens with zero attached hydrogens (tertiary/aromatic N) is 1. The van der Waals surface area contributed by atoms with Crippen molar-refractivity contribution in [2.24, 2.45) is 11.6 Å². The zero-order valence-electron chi connectivity index (χ0n) is 6.12. The van der Waals surface area contributed by atoms with Crippen molar-refractivity contribution in [3.8, 4) is 0 Å². The number of nitrogens with two attached hydrogens (primary N) is 2. The van der Waals surface area contributed by atoms with Gasteiger partial charge in [-0.3, -0.25) is 15.5 Å². The average Bonchev–Trinajstić information content (AvgIpc) is 2.05. The normalized spacial score (nSPS) is 24.6. The lowest BCUT2D eigenvalue weighted by molar-refractivity contribution is -0.0648. The summed E-state index contributed by atoms with van der Waals surface area (Å²) in [6.45, 7) is 2.02. The molecule has 0 aromatic carbocycles. The van der Waals surface area contributed by atoms with Crippen molar-refractivity contribution in [2.45, 2.75) is 25.6 Å². The highest BCUT2D eigenvalue weighted by molar-refractivity contribution is 4.64. The Bertz CT molecular complexity index is 93.0. The molecule has 0 aliphatic carbocycles. The first-order chi connectivity index (χ1) is 4.84. The van der Waals surface area contributed by atoms with Crippen molar-refractivity contribution in [2.75, 3.05) is 13.1 Å². The largest absolute Gasteiger partial charge is 0.292 e. The van der Waals surface area contributed by atoms with Gasteiger partial charge in [-0.1, -0.05) is 6.42 Å². The van der Waals surface area contributed by atoms with Crippen molar-refractivity contribution in [1.29, 1.82) is 0 Å². The molecule has 1 aliphatic heterocycles. The van der Waals surface area contributed by atoms with E-state index in [0.717, 1.165) is 13.1 Å². The van der Waals surface area contributed by atoms with Gasteiger partial charge in [0.1, 0.15) is 0 Å². The third-order valence-electron chi connectivity index (χ3n) is 1.89. The molecule has 1 aliphatic rings. The molecule has 0 aromatic rings. The van der Waals surface area contributed by atoms with E-state index in [-0.39, 0.29) is 0 Å². The van der Waals surface area contributed by atoms with Crippen LogP contribution < -0.4 is 11.6 Å². The lowest BCUT2D eigenvalue weighted by Gasteiger charge is -2.29. The second kappa shape index (κ2) is 3.88. The molecule has 1 atom stereocenters. The fourth-order valence-electron chi connectivity index (χ4n) is 1.26. The van der Waals surface area contributed by atoms with Crippen LogP contribution in [0.4, 0.5) is 0 Å². The van der Waals surface area contributed by atoms with Crippen LogP contribution in [0.15, 0.2) is 0 Å². The molecule has 1 unspecified atom stereocenters. The Labute approximate surface area is 61.1 Å². The van der Waals surface area contributed by atoms with E-state index in [0.29, 0.717) is 0 Å². The maximum atomic E-state index is 5.53. The van der Waals surface area contributed by atoms with E-state index >= 15 is 0 Å². The Morgan fingerprint density at radius 2 is 1.80 bits per heavy atom. The summed E-state index contributed by atoms with van der Waals surface area (Å²) in [5, 5.41) is 0. The van der Waals surface area contributed by atoms with Crippen molar-refractivity contribution in [3.05, 3.63) is 0 Å². The SMILES string of the molecule is NOC(N)N1CCCCC1. The van der Waals surface area contributed by atoms with Gasteiger partial charge in [0, 0.05) is 13.1 Å². The molecule has 0 spiro atoms. The molecule has 0 amide bonds. The maximum absolute atomic E-state index is 5.53. The molecule has 4 N–H and O–H groups in total. The first-order valence-electron chi connectivity index (χ1n) is 3.70. The molecule has 60 valence electrons. The molecule has 0 radical (unpaired) electrons. The minimum atomic E-state index is -0.403. The van der Waals surface area contributed by atoms with E-state index in [1.807, 2.05) is 4.90 Å². The number of hydrogen-bond acceptors (Lipinski definition) is 4. The number of hydrogen-bond donors (Lipinski definition) is 2. The van der Waals surface area contributed by atoms with Gasteiger partial charge in [0.25, 0.3) is 0 Å². The molecule has 4 nitrogen and oxygen atoms in total. The third kappa shape index (κ3) is 1.91. The highest BCUT2D eigenvalue weighted by Gasteiger charge is 2.15. The summed E-state index contributed by atoms with van der Waals surface area (Å²) >= 11 is 0. The van der Waals surface area contributed by atoms with E-state index in [1.54, 1.807) is 0 Å². The number of rotatable bonds is 2. The first-order valence-corrected chi connectivity index (χ1v) is 3.70. The Morgan fingerprint density at radius 1 is 1.20 bits per heavy atom. The number of piperidine rings is 1. The molecule has 1 saturated heterocycles. The van der Waals surface area contributed by atoms with E-state index in [9.17, 15) is 0 Å². The molecule has 1 rings (SSSR count). The summed E-state index contributed by atoms with van der Waals surface area (Å²) in [5.41, 5.74) is 5.53. The van der Waals surface area contributed by atoms with Crippen LogP contribution in [0.1, 0.15) is 19.3 Å². The van der Waals surface area contributed by atoms with Gasteiger partial charge in [0.15, 0.2) is 6.35 Å². The molecule has 1 heterocycles. The van der Waals surface area contributed by atoms with Crippen LogP contribution in [0, 0.1) is 0 Å². The summed E-state index contributed by atoms with van der Waals surface area (Å²) in [6, 6.07) is 0. The van der Waals surface area contributed by atoms with Crippen LogP contribution >= 0.6 is 0 Å². The average molecular weight is 145 g/mol. The third-order valence-corrected chi connectivity index (χ3v) is 1.89. The Kier molecular flexibility index (Phi) is 3.08. The van der Waals surface area contributed by atoms with Crippen molar-refractivity contribution >= 4 is 0 Å². The number of likely N-dealkylation sites (tertiary alicyclic amines) is 1. The van der Waals surface area contributed by atoms with Gasteiger partial charge in [0.2, 0.25) is 0 Å². The highest BCUT2D eigenvalue weighted by atomic mass is 16.6. The quantitative estimate of drug-likeness (QED) is 0.410. The summed E-state index contributed by atoms with van der Waals surface area (Å²) in [6.07, 6.45) is 3.31. The zero-order valence-corrected chi connectivity index (χ0v) is 6.12. The van der Waals surface area contributed by atoms with E-state index in [1.165, 1.54) is 19.3 Å². The van der Waals surface area contributed by atoms with E-state index in [2.05, 4.69) is 4.84 Å². The van der Waals surface area contributed by atoms with Gasteiger partial charge < -0.3 is 0 Å². The van der Waals surface area contributed by atoms with Gasteiger partial charge in [-0.25, -0.2) is 5.90 Å². The maximum Gasteiger partial charge on any atom is 0.182 e. The van der Waals surface area contributed by atoms with Gasteiger partial charge in [-0.2, -0.15) is 0 Å².